The van der Waals surface area contributed by atoms with Crippen molar-refractivity contribution in [3.8, 4) is 5.75 Å². The fourth-order valence-corrected chi connectivity index (χ4v) is 5.11. The van der Waals surface area contributed by atoms with Crippen LogP contribution in [0, 0.1) is 0 Å². The highest BCUT2D eigenvalue weighted by molar-refractivity contribution is 6.07. The summed E-state index contributed by atoms with van der Waals surface area (Å²) in [6, 6.07) is 15.2. The summed E-state index contributed by atoms with van der Waals surface area (Å²) in [6.45, 7) is 5.04. The summed E-state index contributed by atoms with van der Waals surface area (Å²) < 4.78 is 5.85. The third kappa shape index (κ3) is 3.13. The van der Waals surface area contributed by atoms with Crippen LogP contribution in [0.1, 0.15) is 55.3 Å². The van der Waals surface area contributed by atoms with E-state index in [0.717, 1.165) is 36.4 Å². The number of likely N-dealkylation sites (N-methyl/N-ethyl adjacent to an activating group) is 1. The molecule has 29 heavy (non-hydrogen) atoms. The average Bonchev–Trinajstić information content (AvgIpc) is 2.92. The molecule has 2 heterocycles. The molecular formula is C24H31N3O2. The predicted molar refractivity (Wildman–Crippen MR) is 116 cm³/mol. The molecule has 5 heteroatoms. The summed E-state index contributed by atoms with van der Waals surface area (Å²) in [5, 5.41) is 2.33. The molecule has 2 aromatic rings. The van der Waals surface area contributed by atoms with E-state index in [9.17, 15) is 4.79 Å². The molecule has 0 unspecified atom stereocenters. The van der Waals surface area contributed by atoms with Crippen LogP contribution >= 0.6 is 0 Å². The van der Waals surface area contributed by atoms with Gasteiger partial charge >= 0.3 is 0 Å². The van der Waals surface area contributed by atoms with Crippen molar-refractivity contribution in [2.45, 2.75) is 44.1 Å². The van der Waals surface area contributed by atoms with Gasteiger partial charge in [-0.15, -0.1) is 0 Å². The van der Waals surface area contributed by atoms with Crippen molar-refractivity contribution < 1.29 is 9.53 Å². The number of fused-ring (bicyclic) bond motifs is 1. The van der Waals surface area contributed by atoms with Gasteiger partial charge in [-0.3, -0.25) is 10.2 Å². The van der Waals surface area contributed by atoms with Gasteiger partial charge in [-0.2, -0.15) is 0 Å². The Morgan fingerprint density at radius 2 is 1.90 bits per heavy atom. The van der Waals surface area contributed by atoms with Gasteiger partial charge in [0.25, 0.3) is 0 Å². The van der Waals surface area contributed by atoms with Crippen LogP contribution in [0.3, 0.4) is 0 Å². The van der Waals surface area contributed by atoms with E-state index in [1.54, 1.807) is 12.0 Å². The van der Waals surface area contributed by atoms with Gasteiger partial charge in [0.15, 0.2) is 0 Å². The molecule has 4 rings (SSSR count). The number of amides is 1. The molecule has 5 nitrogen and oxygen atoms in total. The first-order valence-corrected chi connectivity index (χ1v) is 10.4. The molecule has 0 bridgehead atoms. The van der Waals surface area contributed by atoms with Crippen LogP contribution in [-0.2, 0) is 10.2 Å². The number of benzene rings is 2. The van der Waals surface area contributed by atoms with E-state index in [1.165, 1.54) is 11.1 Å². The molecule has 0 aromatic heterocycles. The molecule has 1 amide bonds. The zero-order valence-electron chi connectivity index (χ0n) is 18.0. The predicted octanol–water partition coefficient (Wildman–Crippen LogP) is 4.00. The number of carbonyl (C=O) groups excluding carboxylic acids is 1. The van der Waals surface area contributed by atoms with Gasteiger partial charge in [-0.25, -0.2) is 5.01 Å². The Morgan fingerprint density at radius 3 is 2.55 bits per heavy atom. The van der Waals surface area contributed by atoms with E-state index in [2.05, 4.69) is 52.9 Å². The van der Waals surface area contributed by atoms with E-state index in [-0.39, 0.29) is 17.9 Å². The lowest BCUT2D eigenvalue weighted by molar-refractivity contribution is -0.121. The number of rotatable bonds is 4. The number of ether oxygens (including phenoxy) is 1. The monoisotopic (exact) mass is 393 g/mol. The molecule has 2 aromatic carbocycles. The minimum absolute atomic E-state index is 0.131. The number of hydrazine groups is 1. The van der Waals surface area contributed by atoms with E-state index in [4.69, 9.17) is 4.74 Å². The molecule has 2 aliphatic rings. The maximum Gasteiger partial charge on any atom is 0.236 e. The van der Waals surface area contributed by atoms with E-state index < -0.39 is 5.41 Å². The van der Waals surface area contributed by atoms with E-state index in [0.29, 0.717) is 0 Å². The van der Waals surface area contributed by atoms with Gasteiger partial charge in [0.2, 0.25) is 5.91 Å². The average molecular weight is 394 g/mol. The van der Waals surface area contributed by atoms with Crippen molar-refractivity contribution >= 4 is 11.6 Å². The van der Waals surface area contributed by atoms with Crippen molar-refractivity contribution in [3.63, 3.8) is 0 Å². The van der Waals surface area contributed by atoms with Gasteiger partial charge in [-0.05, 0) is 56.5 Å². The molecule has 154 valence electrons. The molecule has 0 radical (unpaired) electrons. The molecule has 1 saturated heterocycles. The number of methoxy groups -OCH3 is 1. The van der Waals surface area contributed by atoms with Crippen molar-refractivity contribution in [2.24, 2.45) is 0 Å². The van der Waals surface area contributed by atoms with Gasteiger partial charge in [0.1, 0.15) is 5.75 Å². The van der Waals surface area contributed by atoms with Crippen molar-refractivity contribution in [1.82, 2.24) is 10.4 Å². The SMILES string of the molecule is CNN1CCC[C@@H](c2cc3c(cc2OC)N(C)C(=O)C3(C)C)[C@H]1c1ccccc1. The molecule has 1 N–H and O–H groups in total. The minimum Gasteiger partial charge on any atom is -0.496 e. The van der Waals surface area contributed by atoms with Gasteiger partial charge in [-0.1, -0.05) is 30.3 Å². The highest BCUT2D eigenvalue weighted by Crippen LogP contribution is 2.50. The van der Waals surface area contributed by atoms with E-state index >= 15 is 0 Å². The fraction of sp³-hybridized carbons (Fsp3) is 0.458. The lowest BCUT2D eigenvalue weighted by atomic mass is 9.77. The second kappa shape index (κ2) is 7.47. The lowest BCUT2D eigenvalue weighted by Gasteiger charge is -2.42. The summed E-state index contributed by atoms with van der Waals surface area (Å²) in [7, 11) is 5.57. The molecule has 1 fully saturated rings. The first-order valence-electron chi connectivity index (χ1n) is 10.4. The number of nitrogens with zero attached hydrogens (tertiary/aromatic N) is 2. The Bertz CT molecular complexity index is 910. The van der Waals surface area contributed by atoms with Crippen molar-refractivity contribution in [1.29, 1.82) is 0 Å². The quantitative estimate of drug-likeness (QED) is 0.853. The lowest BCUT2D eigenvalue weighted by Crippen LogP contribution is -2.45. The number of anilines is 1. The van der Waals surface area contributed by atoms with Crippen molar-refractivity contribution in [2.75, 3.05) is 32.6 Å². The summed E-state index contributed by atoms with van der Waals surface area (Å²) in [6.07, 6.45) is 2.19. The fourth-order valence-electron chi connectivity index (χ4n) is 5.11. The number of hydrogen-bond donors (Lipinski definition) is 1. The number of nitrogens with one attached hydrogen (secondary N) is 1. The molecule has 0 spiro atoms. The van der Waals surface area contributed by atoms with Crippen LogP contribution in [-0.4, -0.2) is 38.7 Å². The molecule has 2 aliphatic heterocycles. The van der Waals surface area contributed by atoms with Crippen LogP contribution in [0.2, 0.25) is 0 Å². The standard InChI is InChI=1S/C24H31N3O2/c1-24(2)19-14-18(21(29-5)15-20(19)26(4)23(24)28)17-12-9-13-27(25-3)22(17)16-10-7-6-8-11-16/h6-8,10-11,14-15,17,22,25H,9,12-13H2,1-5H3/t17-,22+/m0/s1. The molecular weight excluding hydrogens is 362 g/mol. The maximum atomic E-state index is 12.8. The minimum atomic E-state index is -0.523. The zero-order valence-corrected chi connectivity index (χ0v) is 18.0. The third-order valence-corrected chi connectivity index (χ3v) is 6.68. The zero-order chi connectivity index (χ0) is 20.8. The highest BCUT2D eigenvalue weighted by Gasteiger charge is 2.44. The summed E-state index contributed by atoms with van der Waals surface area (Å²) in [5.41, 5.74) is 7.41. The Morgan fingerprint density at radius 1 is 1.17 bits per heavy atom. The van der Waals surface area contributed by atoms with Crippen LogP contribution < -0.4 is 15.1 Å². The molecule has 0 saturated carbocycles. The first kappa shape index (κ1) is 19.9. The second-order valence-corrected chi connectivity index (χ2v) is 8.62. The second-order valence-electron chi connectivity index (χ2n) is 8.62. The third-order valence-electron chi connectivity index (χ3n) is 6.68. The Hall–Kier alpha value is -2.37. The largest absolute Gasteiger partial charge is 0.496 e. The van der Waals surface area contributed by atoms with Crippen LogP contribution in [0.4, 0.5) is 5.69 Å². The molecule has 2 atom stereocenters. The van der Waals surface area contributed by atoms with E-state index in [1.807, 2.05) is 27.9 Å². The smallest absolute Gasteiger partial charge is 0.236 e. The summed E-state index contributed by atoms with van der Waals surface area (Å²) in [5.74, 6) is 1.27. The van der Waals surface area contributed by atoms with Crippen LogP contribution in [0.5, 0.6) is 5.75 Å². The van der Waals surface area contributed by atoms with Gasteiger partial charge in [0.05, 0.1) is 24.3 Å². The highest BCUT2D eigenvalue weighted by atomic mass is 16.5. The van der Waals surface area contributed by atoms with Crippen LogP contribution in [0.25, 0.3) is 0 Å². The maximum absolute atomic E-state index is 12.8. The topological polar surface area (TPSA) is 44.8 Å². The first-order chi connectivity index (χ1) is 13.9. The van der Waals surface area contributed by atoms with Gasteiger partial charge < -0.3 is 9.64 Å². The number of piperidine rings is 1. The Labute approximate surface area is 173 Å². The number of carbonyl (C=O) groups is 1. The summed E-state index contributed by atoms with van der Waals surface area (Å²) in [4.78, 5) is 14.6. The van der Waals surface area contributed by atoms with Crippen LogP contribution in [0.15, 0.2) is 42.5 Å². The number of hydrogen-bond acceptors (Lipinski definition) is 4. The van der Waals surface area contributed by atoms with Crippen molar-refractivity contribution in [3.05, 3.63) is 59.2 Å². The molecule has 0 aliphatic carbocycles. The Kier molecular flexibility index (Phi) is 5.13. The van der Waals surface area contributed by atoms with Gasteiger partial charge in [0, 0.05) is 25.6 Å². The Balaban J connectivity index is 1.86. The summed E-state index contributed by atoms with van der Waals surface area (Å²) >= 11 is 0. The normalized spacial score (nSPS) is 23.9.